The Morgan fingerprint density at radius 2 is 2.44 bits per heavy atom. The molecule has 3 heteroatoms. The van der Waals surface area contributed by atoms with Gasteiger partial charge in [-0.2, -0.15) is 0 Å². The number of carbonyl (C=O) groups excluding carboxylic acids is 1. The zero-order valence-electron chi connectivity index (χ0n) is 5.17. The molecule has 0 spiro atoms. The summed E-state index contributed by atoms with van der Waals surface area (Å²) in [5.41, 5.74) is -1.18. The van der Waals surface area contributed by atoms with Gasteiger partial charge in [0.2, 0.25) is 0 Å². The normalized spacial score (nSPS) is 36.1. The van der Waals surface area contributed by atoms with E-state index >= 15 is 0 Å². The van der Waals surface area contributed by atoms with E-state index in [0.29, 0.717) is 19.3 Å². The number of aliphatic hydroxyl groups is 1. The summed E-state index contributed by atoms with van der Waals surface area (Å²) in [6.45, 7) is 0.826. The fourth-order valence-electron chi connectivity index (χ4n) is 0.894. The van der Waals surface area contributed by atoms with Crippen molar-refractivity contribution in [1.82, 2.24) is 0 Å². The Morgan fingerprint density at radius 3 is 2.78 bits per heavy atom. The van der Waals surface area contributed by atoms with Crippen molar-refractivity contribution < 1.29 is 14.6 Å². The molecule has 52 valence electrons. The number of aldehydes is 1. The molecule has 3 nitrogen and oxygen atoms in total. The summed E-state index contributed by atoms with van der Waals surface area (Å²) >= 11 is 0. The number of hydrogen-bond donors (Lipinski definition) is 1. The van der Waals surface area contributed by atoms with Gasteiger partial charge >= 0.3 is 0 Å². The Balaban J connectivity index is 2.46. The standard InChI is InChI=1S/C6H10O3/c7-4-6(8)2-1-3-9-5-6/h4,8H,1-3,5H2. The van der Waals surface area contributed by atoms with Crippen LogP contribution in [0.3, 0.4) is 0 Å². The van der Waals surface area contributed by atoms with E-state index in [0.717, 1.165) is 6.42 Å². The molecule has 0 aromatic heterocycles. The lowest BCUT2D eigenvalue weighted by atomic mass is 9.99. The van der Waals surface area contributed by atoms with Gasteiger partial charge in [0.05, 0.1) is 6.61 Å². The van der Waals surface area contributed by atoms with Gasteiger partial charge in [-0.05, 0) is 12.8 Å². The van der Waals surface area contributed by atoms with Crippen molar-refractivity contribution in [3.8, 4) is 0 Å². The highest BCUT2D eigenvalue weighted by Gasteiger charge is 2.28. The lowest BCUT2D eigenvalue weighted by Crippen LogP contribution is -2.39. The maximum atomic E-state index is 10.2. The van der Waals surface area contributed by atoms with E-state index in [2.05, 4.69) is 0 Å². The Labute approximate surface area is 53.6 Å². The summed E-state index contributed by atoms with van der Waals surface area (Å²) in [7, 11) is 0. The molecular formula is C6H10O3. The monoisotopic (exact) mass is 130 g/mol. The van der Waals surface area contributed by atoms with Crippen molar-refractivity contribution in [3.63, 3.8) is 0 Å². The van der Waals surface area contributed by atoms with Crippen molar-refractivity contribution in [1.29, 1.82) is 0 Å². The third kappa shape index (κ3) is 1.50. The maximum absolute atomic E-state index is 10.2. The van der Waals surface area contributed by atoms with Crippen molar-refractivity contribution in [3.05, 3.63) is 0 Å². The first-order chi connectivity index (χ1) is 4.27. The highest BCUT2D eigenvalue weighted by Crippen LogP contribution is 2.15. The van der Waals surface area contributed by atoms with Crippen LogP contribution in [0.15, 0.2) is 0 Å². The minimum atomic E-state index is -1.18. The highest BCUT2D eigenvalue weighted by atomic mass is 16.5. The summed E-state index contributed by atoms with van der Waals surface area (Å²) in [6, 6.07) is 0. The second-order valence-corrected chi connectivity index (χ2v) is 2.38. The topological polar surface area (TPSA) is 46.5 Å². The number of rotatable bonds is 1. The first kappa shape index (κ1) is 6.71. The van der Waals surface area contributed by atoms with E-state index in [1.165, 1.54) is 0 Å². The van der Waals surface area contributed by atoms with Crippen molar-refractivity contribution in [2.75, 3.05) is 13.2 Å². The lowest BCUT2D eigenvalue weighted by Gasteiger charge is -2.25. The highest BCUT2D eigenvalue weighted by molar-refractivity contribution is 5.62. The van der Waals surface area contributed by atoms with Gasteiger partial charge in [-0.3, -0.25) is 0 Å². The molecule has 1 aliphatic rings. The average molecular weight is 130 g/mol. The number of carbonyl (C=O) groups is 1. The Bertz CT molecular complexity index is 105. The average Bonchev–Trinajstić information content (AvgIpc) is 1.90. The van der Waals surface area contributed by atoms with E-state index < -0.39 is 5.60 Å². The van der Waals surface area contributed by atoms with Crippen molar-refractivity contribution in [2.45, 2.75) is 18.4 Å². The first-order valence-electron chi connectivity index (χ1n) is 3.03. The Kier molecular flexibility index (Phi) is 1.83. The first-order valence-corrected chi connectivity index (χ1v) is 3.03. The predicted octanol–water partition coefficient (Wildman–Crippen LogP) is -0.273. The SMILES string of the molecule is O=CC1(O)CCCOC1. The molecule has 0 bridgehead atoms. The molecule has 9 heavy (non-hydrogen) atoms. The summed E-state index contributed by atoms with van der Waals surface area (Å²) in [5, 5.41) is 9.19. The molecular weight excluding hydrogens is 120 g/mol. The van der Waals surface area contributed by atoms with Crippen LogP contribution in [0.4, 0.5) is 0 Å². The van der Waals surface area contributed by atoms with Crippen LogP contribution in [0.25, 0.3) is 0 Å². The van der Waals surface area contributed by atoms with E-state index in [-0.39, 0.29) is 6.61 Å². The van der Waals surface area contributed by atoms with Crippen LogP contribution in [0.2, 0.25) is 0 Å². The van der Waals surface area contributed by atoms with E-state index in [4.69, 9.17) is 4.74 Å². The van der Waals surface area contributed by atoms with Gasteiger partial charge in [-0.15, -0.1) is 0 Å². The summed E-state index contributed by atoms with van der Waals surface area (Å²) in [6.07, 6.45) is 1.87. The van der Waals surface area contributed by atoms with Gasteiger partial charge in [-0.25, -0.2) is 0 Å². The quantitative estimate of drug-likeness (QED) is 0.497. The fraction of sp³-hybridized carbons (Fsp3) is 0.833. The molecule has 0 aromatic carbocycles. The molecule has 0 saturated carbocycles. The largest absolute Gasteiger partial charge is 0.380 e. The van der Waals surface area contributed by atoms with Gasteiger partial charge in [0.25, 0.3) is 0 Å². The minimum absolute atomic E-state index is 0.163. The van der Waals surface area contributed by atoms with E-state index in [1.807, 2.05) is 0 Å². The third-order valence-corrected chi connectivity index (χ3v) is 1.47. The van der Waals surface area contributed by atoms with Crippen LogP contribution in [0.5, 0.6) is 0 Å². The summed E-state index contributed by atoms with van der Waals surface area (Å²) in [5.74, 6) is 0. The van der Waals surface area contributed by atoms with Crippen molar-refractivity contribution >= 4 is 6.29 Å². The minimum Gasteiger partial charge on any atom is -0.380 e. The van der Waals surface area contributed by atoms with Crippen LogP contribution < -0.4 is 0 Å². The van der Waals surface area contributed by atoms with Gasteiger partial charge in [0, 0.05) is 6.61 Å². The smallest absolute Gasteiger partial charge is 0.153 e. The molecule has 1 saturated heterocycles. The molecule has 0 amide bonds. The molecule has 1 fully saturated rings. The number of ether oxygens (including phenoxy) is 1. The second-order valence-electron chi connectivity index (χ2n) is 2.38. The Hall–Kier alpha value is -0.410. The summed E-state index contributed by atoms with van der Waals surface area (Å²) in [4.78, 5) is 10.2. The third-order valence-electron chi connectivity index (χ3n) is 1.47. The van der Waals surface area contributed by atoms with Gasteiger partial charge in [0.15, 0.2) is 6.29 Å². The molecule has 0 aromatic rings. The van der Waals surface area contributed by atoms with Crippen molar-refractivity contribution in [2.24, 2.45) is 0 Å². The molecule has 0 aliphatic carbocycles. The van der Waals surface area contributed by atoms with Crippen LogP contribution >= 0.6 is 0 Å². The van der Waals surface area contributed by atoms with E-state index in [1.54, 1.807) is 0 Å². The van der Waals surface area contributed by atoms with Gasteiger partial charge in [0.1, 0.15) is 5.60 Å². The number of hydrogen-bond acceptors (Lipinski definition) is 3. The zero-order chi connectivity index (χ0) is 6.74. The Morgan fingerprint density at radius 1 is 1.67 bits per heavy atom. The van der Waals surface area contributed by atoms with E-state index in [9.17, 15) is 9.90 Å². The lowest BCUT2D eigenvalue weighted by molar-refractivity contribution is -0.137. The molecule has 1 unspecified atom stereocenters. The zero-order valence-corrected chi connectivity index (χ0v) is 5.17. The summed E-state index contributed by atoms with van der Waals surface area (Å²) < 4.78 is 4.89. The molecule has 0 radical (unpaired) electrons. The van der Waals surface area contributed by atoms with Crippen LogP contribution in [0.1, 0.15) is 12.8 Å². The molecule has 1 rings (SSSR count). The van der Waals surface area contributed by atoms with Gasteiger partial charge in [-0.1, -0.05) is 0 Å². The molecule has 1 N–H and O–H groups in total. The second kappa shape index (κ2) is 2.45. The van der Waals surface area contributed by atoms with Crippen LogP contribution in [-0.2, 0) is 9.53 Å². The van der Waals surface area contributed by atoms with Gasteiger partial charge < -0.3 is 14.6 Å². The molecule has 1 atom stereocenters. The molecule has 1 heterocycles. The van der Waals surface area contributed by atoms with Crippen LogP contribution in [-0.4, -0.2) is 30.2 Å². The molecule has 1 aliphatic heterocycles. The predicted molar refractivity (Wildman–Crippen MR) is 31.1 cm³/mol. The maximum Gasteiger partial charge on any atom is 0.153 e. The fourth-order valence-corrected chi connectivity index (χ4v) is 0.894. The van der Waals surface area contributed by atoms with Crippen LogP contribution in [0, 0.1) is 0 Å².